The van der Waals surface area contributed by atoms with Crippen molar-refractivity contribution < 1.29 is 23.6 Å². The van der Waals surface area contributed by atoms with Crippen LogP contribution in [0.5, 0.6) is 0 Å². The maximum absolute atomic E-state index is 12.9. The number of hydrogen-bond donors (Lipinski definition) is 2. The van der Waals surface area contributed by atoms with Crippen LogP contribution in [0.25, 0.3) is 0 Å². The van der Waals surface area contributed by atoms with Gasteiger partial charge in [-0.15, -0.1) is 0 Å². The minimum atomic E-state index is -2.88. The number of aliphatic carboxylic acids is 1. The summed E-state index contributed by atoms with van der Waals surface area (Å²) in [6.07, 6.45) is -1.89. The molecule has 6 nitrogen and oxygen atoms in total. The van der Waals surface area contributed by atoms with E-state index in [0.717, 1.165) is 12.1 Å². The number of nitrogens with one attached hydrogen (secondary N) is 1. The maximum atomic E-state index is 12.9. The Morgan fingerprint density at radius 1 is 1.50 bits per heavy atom. The zero-order valence-electron chi connectivity index (χ0n) is 10.3. The third kappa shape index (κ3) is 2.68. The van der Waals surface area contributed by atoms with Crippen LogP contribution in [0.4, 0.5) is 20.2 Å². The van der Waals surface area contributed by atoms with Crippen LogP contribution in [-0.4, -0.2) is 22.5 Å². The molecule has 0 bridgehead atoms. The number of halogens is 2. The highest BCUT2D eigenvalue weighted by atomic mass is 19.3. The van der Waals surface area contributed by atoms with Gasteiger partial charge in [0.2, 0.25) is 0 Å². The van der Waals surface area contributed by atoms with E-state index in [1.165, 1.54) is 6.07 Å². The number of rotatable bonds is 6. The van der Waals surface area contributed by atoms with Crippen molar-refractivity contribution in [1.82, 2.24) is 0 Å². The Labute approximate surface area is 112 Å². The van der Waals surface area contributed by atoms with Crippen molar-refractivity contribution in [1.29, 1.82) is 0 Å². The number of hydrogen-bond acceptors (Lipinski definition) is 4. The van der Waals surface area contributed by atoms with Gasteiger partial charge in [0.1, 0.15) is 0 Å². The van der Waals surface area contributed by atoms with Crippen LogP contribution >= 0.6 is 0 Å². The van der Waals surface area contributed by atoms with Crippen LogP contribution in [0.15, 0.2) is 18.2 Å². The second-order valence-corrected chi connectivity index (χ2v) is 4.77. The average Bonchev–Trinajstić information content (AvgIpc) is 3.17. The van der Waals surface area contributed by atoms with Gasteiger partial charge in [-0.1, -0.05) is 0 Å². The van der Waals surface area contributed by atoms with Crippen molar-refractivity contribution >= 4 is 17.3 Å². The highest BCUT2D eigenvalue weighted by Gasteiger charge is 2.50. The Bertz CT molecular complexity index is 558. The lowest BCUT2D eigenvalue weighted by atomic mass is 10.1. The van der Waals surface area contributed by atoms with E-state index in [1.807, 2.05) is 0 Å². The molecule has 0 unspecified atom stereocenters. The number of benzene rings is 1. The van der Waals surface area contributed by atoms with Crippen LogP contribution in [-0.2, 0) is 4.79 Å². The number of nitro groups is 1. The molecule has 0 saturated heterocycles. The summed E-state index contributed by atoms with van der Waals surface area (Å²) in [4.78, 5) is 20.8. The molecule has 0 amide bonds. The third-order valence-corrected chi connectivity index (χ3v) is 3.41. The Morgan fingerprint density at radius 2 is 2.15 bits per heavy atom. The zero-order valence-corrected chi connectivity index (χ0v) is 10.3. The number of carbonyl (C=O) groups is 1. The second kappa shape index (κ2) is 5.03. The lowest BCUT2D eigenvalue weighted by Crippen LogP contribution is -2.24. The molecular weight excluding hydrogens is 274 g/mol. The molecule has 1 aliphatic rings. The SMILES string of the molecule is O=C(O)C1(CNc2ccc([N+](=O)[O-])cc2C(F)F)CC1. The summed E-state index contributed by atoms with van der Waals surface area (Å²) in [5.74, 6) is -0.967. The Hall–Kier alpha value is -2.25. The quantitative estimate of drug-likeness (QED) is 0.619. The van der Waals surface area contributed by atoms with Gasteiger partial charge in [-0.25, -0.2) is 8.78 Å². The second-order valence-electron chi connectivity index (χ2n) is 4.77. The first-order valence-corrected chi connectivity index (χ1v) is 5.89. The summed E-state index contributed by atoms with van der Waals surface area (Å²) in [5, 5.41) is 22.2. The Kier molecular flexibility index (Phi) is 3.56. The summed E-state index contributed by atoms with van der Waals surface area (Å²) < 4.78 is 25.8. The minimum Gasteiger partial charge on any atom is -0.481 e. The molecule has 2 N–H and O–H groups in total. The largest absolute Gasteiger partial charge is 0.481 e. The highest BCUT2D eigenvalue weighted by molar-refractivity contribution is 5.78. The first-order chi connectivity index (χ1) is 9.35. The molecule has 0 spiro atoms. The number of anilines is 1. The van der Waals surface area contributed by atoms with Gasteiger partial charge in [0.25, 0.3) is 12.1 Å². The monoisotopic (exact) mass is 286 g/mol. The molecule has 0 radical (unpaired) electrons. The molecular formula is C12H12F2N2O4. The number of alkyl halides is 2. The van der Waals surface area contributed by atoms with Gasteiger partial charge < -0.3 is 10.4 Å². The van der Waals surface area contributed by atoms with Crippen molar-refractivity contribution in [3.63, 3.8) is 0 Å². The predicted molar refractivity (Wildman–Crippen MR) is 65.8 cm³/mol. The van der Waals surface area contributed by atoms with E-state index < -0.39 is 34.0 Å². The van der Waals surface area contributed by atoms with E-state index in [9.17, 15) is 23.7 Å². The molecule has 1 aromatic rings. The molecule has 0 aliphatic heterocycles. The molecule has 1 fully saturated rings. The summed E-state index contributed by atoms with van der Waals surface area (Å²) in [5.41, 5.74) is -1.80. The van der Waals surface area contributed by atoms with Crippen LogP contribution in [0, 0.1) is 15.5 Å². The van der Waals surface area contributed by atoms with Crippen LogP contribution < -0.4 is 5.32 Å². The van der Waals surface area contributed by atoms with E-state index in [4.69, 9.17) is 5.11 Å². The summed E-state index contributed by atoms with van der Waals surface area (Å²) in [7, 11) is 0. The van der Waals surface area contributed by atoms with E-state index in [1.54, 1.807) is 0 Å². The number of nitrogens with zero attached hydrogens (tertiary/aromatic N) is 1. The van der Waals surface area contributed by atoms with Gasteiger partial charge in [0, 0.05) is 29.9 Å². The van der Waals surface area contributed by atoms with Gasteiger partial charge >= 0.3 is 5.97 Å². The molecule has 1 aliphatic carbocycles. The topological polar surface area (TPSA) is 92.5 Å². The summed E-state index contributed by atoms with van der Waals surface area (Å²) in [6, 6.07) is 3.08. The normalized spacial score (nSPS) is 15.9. The number of carboxylic acid groups (broad SMARTS) is 1. The number of non-ortho nitro benzene ring substituents is 1. The first kappa shape index (κ1) is 14.2. The molecule has 0 heterocycles. The molecule has 8 heteroatoms. The van der Waals surface area contributed by atoms with Gasteiger partial charge in [-0.05, 0) is 18.9 Å². The maximum Gasteiger partial charge on any atom is 0.311 e. The molecule has 0 aromatic heterocycles. The number of nitro benzene ring substituents is 1. The van der Waals surface area contributed by atoms with Crippen molar-refractivity contribution in [3.05, 3.63) is 33.9 Å². The average molecular weight is 286 g/mol. The van der Waals surface area contributed by atoms with Crippen molar-refractivity contribution in [2.24, 2.45) is 5.41 Å². The van der Waals surface area contributed by atoms with Crippen molar-refractivity contribution in [3.8, 4) is 0 Å². The molecule has 2 rings (SSSR count). The summed E-state index contributed by atoms with van der Waals surface area (Å²) in [6.45, 7) is 0.0276. The fourth-order valence-corrected chi connectivity index (χ4v) is 1.89. The lowest BCUT2D eigenvalue weighted by Gasteiger charge is -2.15. The van der Waals surface area contributed by atoms with Crippen LogP contribution in [0.3, 0.4) is 0 Å². The molecule has 20 heavy (non-hydrogen) atoms. The fraction of sp³-hybridized carbons (Fsp3) is 0.417. The van der Waals surface area contributed by atoms with Crippen molar-refractivity contribution in [2.75, 3.05) is 11.9 Å². The van der Waals surface area contributed by atoms with E-state index in [-0.39, 0.29) is 12.2 Å². The molecule has 1 aromatic carbocycles. The smallest absolute Gasteiger partial charge is 0.311 e. The summed E-state index contributed by atoms with van der Waals surface area (Å²) >= 11 is 0. The molecule has 108 valence electrons. The van der Waals surface area contributed by atoms with E-state index in [0.29, 0.717) is 12.8 Å². The third-order valence-electron chi connectivity index (χ3n) is 3.41. The predicted octanol–water partition coefficient (Wildman–Crippen LogP) is 2.81. The van der Waals surface area contributed by atoms with Gasteiger partial charge in [-0.3, -0.25) is 14.9 Å². The minimum absolute atomic E-state index is 0.0260. The first-order valence-electron chi connectivity index (χ1n) is 5.89. The fourth-order valence-electron chi connectivity index (χ4n) is 1.89. The molecule has 1 saturated carbocycles. The van der Waals surface area contributed by atoms with Gasteiger partial charge in [0.05, 0.1) is 10.3 Å². The van der Waals surface area contributed by atoms with Crippen LogP contribution in [0.2, 0.25) is 0 Å². The zero-order chi connectivity index (χ0) is 14.9. The number of carboxylic acids is 1. The lowest BCUT2D eigenvalue weighted by molar-refractivity contribution is -0.385. The van der Waals surface area contributed by atoms with Crippen molar-refractivity contribution in [2.45, 2.75) is 19.3 Å². The Morgan fingerprint density at radius 3 is 2.60 bits per heavy atom. The standard InChI is InChI=1S/C12H12F2N2O4/c13-10(14)8-5-7(16(19)20)1-2-9(8)15-6-12(3-4-12)11(17)18/h1-2,5,10,15H,3-4,6H2,(H,17,18). The highest BCUT2D eigenvalue weighted by Crippen LogP contribution is 2.46. The van der Waals surface area contributed by atoms with Gasteiger partial charge in [-0.2, -0.15) is 0 Å². The van der Waals surface area contributed by atoms with E-state index >= 15 is 0 Å². The van der Waals surface area contributed by atoms with Crippen LogP contribution in [0.1, 0.15) is 24.8 Å². The van der Waals surface area contributed by atoms with E-state index in [2.05, 4.69) is 5.32 Å². The van der Waals surface area contributed by atoms with Gasteiger partial charge in [0.15, 0.2) is 0 Å². The molecule has 0 atom stereocenters. The Balaban J connectivity index is 2.19.